The Balaban J connectivity index is 2.74. The molecule has 0 fully saturated rings. The molecule has 0 spiro atoms. The summed E-state index contributed by atoms with van der Waals surface area (Å²) in [5, 5.41) is 8.57. The van der Waals surface area contributed by atoms with Gasteiger partial charge in [-0.15, -0.1) is 0 Å². The molecule has 116 valence electrons. The minimum absolute atomic E-state index is 0.147. The van der Waals surface area contributed by atoms with E-state index in [1.165, 1.54) is 25.3 Å². The van der Waals surface area contributed by atoms with Crippen LogP contribution in [0.1, 0.15) is 5.56 Å². The Labute approximate surface area is 118 Å². The number of ether oxygens (including phenoxy) is 3. The number of alkyl halides is 3. The van der Waals surface area contributed by atoms with Crippen LogP contribution in [0.5, 0.6) is 11.5 Å². The molecule has 0 aliphatic rings. The first kappa shape index (κ1) is 16.8. The van der Waals surface area contributed by atoms with Gasteiger partial charge in [0.15, 0.2) is 6.79 Å². The number of aliphatic carboxylic acids is 1. The summed E-state index contributed by atoms with van der Waals surface area (Å²) in [7, 11) is 1.41. The first-order valence-electron chi connectivity index (χ1n) is 5.68. The van der Waals surface area contributed by atoms with Gasteiger partial charge in [0.25, 0.3) is 0 Å². The minimum atomic E-state index is -4.44. The molecule has 1 rings (SSSR count). The van der Waals surface area contributed by atoms with Crippen molar-refractivity contribution < 1.29 is 37.3 Å². The zero-order chi connectivity index (χ0) is 15.9. The van der Waals surface area contributed by atoms with Crippen LogP contribution in [0.25, 0.3) is 6.08 Å². The maximum absolute atomic E-state index is 11.9. The van der Waals surface area contributed by atoms with Crippen LogP contribution in [0.4, 0.5) is 13.2 Å². The number of hydrogen-bond acceptors (Lipinski definition) is 4. The Morgan fingerprint density at radius 3 is 2.67 bits per heavy atom. The highest BCUT2D eigenvalue weighted by Gasteiger charge is 2.27. The van der Waals surface area contributed by atoms with Crippen LogP contribution in [0.3, 0.4) is 0 Å². The Bertz CT molecular complexity index is 511. The number of hydrogen-bond donors (Lipinski definition) is 1. The fraction of sp³-hybridized carbons (Fsp3) is 0.308. The lowest BCUT2D eigenvalue weighted by Gasteiger charge is -2.12. The quantitative estimate of drug-likeness (QED) is 0.477. The maximum Gasteiger partial charge on any atom is 0.411 e. The van der Waals surface area contributed by atoms with Gasteiger partial charge in [-0.25, -0.2) is 4.79 Å². The molecule has 0 unspecified atom stereocenters. The Morgan fingerprint density at radius 1 is 1.38 bits per heavy atom. The van der Waals surface area contributed by atoms with Gasteiger partial charge in [-0.1, -0.05) is 0 Å². The van der Waals surface area contributed by atoms with E-state index in [9.17, 15) is 18.0 Å². The molecule has 8 heteroatoms. The van der Waals surface area contributed by atoms with Crippen LogP contribution in [0.2, 0.25) is 0 Å². The molecule has 0 saturated heterocycles. The van der Waals surface area contributed by atoms with Crippen LogP contribution in [0, 0.1) is 0 Å². The first-order chi connectivity index (χ1) is 9.81. The van der Waals surface area contributed by atoms with Gasteiger partial charge in [0.2, 0.25) is 0 Å². The average Bonchev–Trinajstić information content (AvgIpc) is 2.40. The van der Waals surface area contributed by atoms with Crippen molar-refractivity contribution in [2.75, 3.05) is 20.5 Å². The third-order valence-corrected chi connectivity index (χ3v) is 2.19. The van der Waals surface area contributed by atoms with Gasteiger partial charge in [0.05, 0.1) is 7.11 Å². The summed E-state index contributed by atoms with van der Waals surface area (Å²) in [5.74, 6) is -0.604. The van der Waals surface area contributed by atoms with E-state index in [-0.39, 0.29) is 5.75 Å². The minimum Gasteiger partial charge on any atom is -0.497 e. The van der Waals surface area contributed by atoms with Crippen LogP contribution in [-0.2, 0) is 9.53 Å². The van der Waals surface area contributed by atoms with Crippen molar-refractivity contribution in [1.82, 2.24) is 0 Å². The van der Waals surface area contributed by atoms with Crippen molar-refractivity contribution >= 4 is 12.0 Å². The second kappa shape index (κ2) is 7.53. The molecule has 21 heavy (non-hydrogen) atoms. The summed E-state index contributed by atoms with van der Waals surface area (Å²) in [4.78, 5) is 10.5. The number of benzene rings is 1. The molecule has 1 aromatic carbocycles. The highest BCUT2D eigenvalue weighted by atomic mass is 19.4. The molecular formula is C13H13F3O5. The maximum atomic E-state index is 11.9. The number of carboxylic acids is 1. The average molecular weight is 306 g/mol. The van der Waals surface area contributed by atoms with E-state index in [2.05, 4.69) is 4.74 Å². The van der Waals surface area contributed by atoms with Gasteiger partial charge >= 0.3 is 12.1 Å². The standard InChI is InChI=1S/C13H13F3O5/c1-19-10-4-2-9(3-5-12(17)18)11(6-10)21-8-20-7-13(14,15)16/h2-6H,7-8H2,1H3,(H,17,18)/b5-3+. The number of halogens is 3. The van der Waals surface area contributed by atoms with Crippen LogP contribution in [-0.4, -0.2) is 37.8 Å². The zero-order valence-electron chi connectivity index (χ0n) is 11.0. The molecule has 0 atom stereocenters. The summed E-state index contributed by atoms with van der Waals surface area (Å²) in [6, 6.07) is 4.49. The molecule has 0 heterocycles. The Hall–Kier alpha value is -2.22. The molecule has 1 N–H and O–H groups in total. The van der Waals surface area contributed by atoms with E-state index >= 15 is 0 Å². The smallest absolute Gasteiger partial charge is 0.411 e. The Kier molecular flexibility index (Phi) is 6.04. The zero-order valence-corrected chi connectivity index (χ0v) is 11.0. The second-order valence-corrected chi connectivity index (χ2v) is 3.80. The van der Waals surface area contributed by atoms with Gasteiger partial charge in [-0.05, 0) is 18.2 Å². The van der Waals surface area contributed by atoms with Crippen molar-refractivity contribution in [3.05, 3.63) is 29.8 Å². The van der Waals surface area contributed by atoms with Gasteiger partial charge in [0.1, 0.15) is 18.1 Å². The summed E-state index contributed by atoms with van der Waals surface area (Å²) >= 11 is 0. The lowest BCUT2D eigenvalue weighted by molar-refractivity contribution is -0.186. The molecule has 1 aromatic rings. The van der Waals surface area contributed by atoms with Crippen molar-refractivity contribution in [3.63, 3.8) is 0 Å². The van der Waals surface area contributed by atoms with E-state index < -0.39 is 25.5 Å². The molecule has 0 saturated carbocycles. The summed E-state index contributed by atoms with van der Waals surface area (Å²) in [6.07, 6.45) is -2.31. The lowest BCUT2D eigenvalue weighted by Crippen LogP contribution is -2.19. The lowest BCUT2D eigenvalue weighted by atomic mass is 10.2. The molecule has 0 amide bonds. The van der Waals surface area contributed by atoms with Crippen LogP contribution >= 0.6 is 0 Å². The van der Waals surface area contributed by atoms with E-state index in [0.29, 0.717) is 11.3 Å². The fourth-order valence-corrected chi connectivity index (χ4v) is 1.33. The van der Waals surface area contributed by atoms with Crippen LogP contribution in [0.15, 0.2) is 24.3 Å². The third kappa shape index (κ3) is 6.66. The fourth-order valence-electron chi connectivity index (χ4n) is 1.33. The highest BCUT2D eigenvalue weighted by molar-refractivity contribution is 5.86. The SMILES string of the molecule is COc1ccc(/C=C/C(=O)O)c(OCOCC(F)(F)F)c1. The summed E-state index contributed by atoms with van der Waals surface area (Å²) in [5.41, 5.74) is 0.369. The first-order valence-corrected chi connectivity index (χ1v) is 5.68. The van der Waals surface area contributed by atoms with Gasteiger partial charge in [-0.2, -0.15) is 13.2 Å². The monoisotopic (exact) mass is 306 g/mol. The summed E-state index contributed by atoms with van der Waals surface area (Å²) in [6.45, 7) is -2.06. The molecule has 0 aliphatic carbocycles. The van der Waals surface area contributed by atoms with E-state index in [1.807, 2.05) is 0 Å². The third-order valence-electron chi connectivity index (χ3n) is 2.19. The number of methoxy groups -OCH3 is 1. The second-order valence-electron chi connectivity index (χ2n) is 3.80. The van der Waals surface area contributed by atoms with Crippen LogP contribution < -0.4 is 9.47 Å². The van der Waals surface area contributed by atoms with Crippen molar-refractivity contribution in [2.45, 2.75) is 6.18 Å². The number of carbonyl (C=O) groups is 1. The molecule has 5 nitrogen and oxygen atoms in total. The summed E-state index contributed by atoms with van der Waals surface area (Å²) < 4.78 is 50.1. The molecule has 0 aliphatic heterocycles. The van der Waals surface area contributed by atoms with Crippen molar-refractivity contribution in [3.8, 4) is 11.5 Å². The van der Waals surface area contributed by atoms with Gasteiger partial charge < -0.3 is 19.3 Å². The van der Waals surface area contributed by atoms with E-state index in [4.69, 9.17) is 14.6 Å². The predicted octanol–water partition coefficient (Wildman–Crippen LogP) is 2.71. The topological polar surface area (TPSA) is 65.0 Å². The highest BCUT2D eigenvalue weighted by Crippen LogP contribution is 2.26. The molecule has 0 bridgehead atoms. The van der Waals surface area contributed by atoms with Gasteiger partial charge in [-0.3, -0.25) is 0 Å². The number of rotatable bonds is 7. The number of carboxylic acid groups (broad SMARTS) is 1. The largest absolute Gasteiger partial charge is 0.497 e. The van der Waals surface area contributed by atoms with Crippen molar-refractivity contribution in [2.24, 2.45) is 0 Å². The Morgan fingerprint density at radius 2 is 2.10 bits per heavy atom. The molecule has 0 aromatic heterocycles. The predicted molar refractivity (Wildman–Crippen MR) is 67.2 cm³/mol. The molecular weight excluding hydrogens is 293 g/mol. The van der Waals surface area contributed by atoms with E-state index in [0.717, 1.165) is 6.08 Å². The molecule has 0 radical (unpaired) electrons. The van der Waals surface area contributed by atoms with Gasteiger partial charge in [0, 0.05) is 17.7 Å². The van der Waals surface area contributed by atoms with E-state index in [1.54, 1.807) is 6.07 Å². The van der Waals surface area contributed by atoms with Crippen molar-refractivity contribution in [1.29, 1.82) is 0 Å². The normalized spacial score (nSPS) is 11.6.